The molecule has 1 aromatic rings. The highest BCUT2D eigenvalue weighted by Crippen LogP contribution is 2.24. The highest BCUT2D eigenvalue weighted by molar-refractivity contribution is 5.40. The molecule has 1 aromatic carbocycles. The Hall–Kier alpha value is -1.26. The number of rotatable bonds is 8. The second-order valence-electron chi connectivity index (χ2n) is 5.13. The van der Waals surface area contributed by atoms with Crippen LogP contribution < -0.4 is 14.8 Å². The molecule has 0 bridgehead atoms. The third-order valence-corrected chi connectivity index (χ3v) is 3.71. The second-order valence-corrected chi connectivity index (χ2v) is 5.13. The van der Waals surface area contributed by atoms with Crippen molar-refractivity contribution in [3.05, 3.63) is 23.8 Å². The summed E-state index contributed by atoms with van der Waals surface area (Å²) < 4.78 is 16.2. The van der Waals surface area contributed by atoms with Gasteiger partial charge in [-0.2, -0.15) is 0 Å². The summed E-state index contributed by atoms with van der Waals surface area (Å²) in [6.45, 7) is 2.77. The van der Waals surface area contributed by atoms with Gasteiger partial charge in [0.05, 0.1) is 20.3 Å². The Balaban J connectivity index is 1.70. The molecule has 1 heterocycles. The first-order valence-electron chi connectivity index (χ1n) is 7.36. The van der Waals surface area contributed by atoms with Crippen molar-refractivity contribution in [1.29, 1.82) is 0 Å². The molecule has 1 fully saturated rings. The predicted molar refractivity (Wildman–Crippen MR) is 79.5 cm³/mol. The summed E-state index contributed by atoms with van der Waals surface area (Å²) in [7, 11) is 3.35. The van der Waals surface area contributed by atoms with Gasteiger partial charge in [-0.05, 0) is 38.3 Å². The van der Waals surface area contributed by atoms with E-state index in [0.29, 0.717) is 6.10 Å². The number of ether oxygens (including phenoxy) is 3. The average Bonchev–Trinajstić information content (AvgIpc) is 3.00. The Morgan fingerprint density at radius 1 is 1.30 bits per heavy atom. The van der Waals surface area contributed by atoms with E-state index in [1.54, 1.807) is 14.2 Å². The standard InChI is InChI=1S/C16H25NO3/c1-18-15-8-7-13(16(11-15)19-2)12-17-9-3-5-14-6-4-10-20-14/h7-8,11,14,17H,3-6,9-10,12H2,1-2H3. The summed E-state index contributed by atoms with van der Waals surface area (Å²) in [4.78, 5) is 0. The summed E-state index contributed by atoms with van der Waals surface area (Å²) in [6, 6.07) is 5.93. The van der Waals surface area contributed by atoms with Crippen molar-refractivity contribution in [3.8, 4) is 11.5 Å². The maximum atomic E-state index is 5.62. The number of hydrogen-bond acceptors (Lipinski definition) is 4. The number of benzene rings is 1. The van der Waals surface area contributed by atoms with Gasteiger partial charge in [0.1, 0.15) is 11.5 Å². The highest BCUT2D eigenvalue weighted by atomic mass is 16.5. The lowest BCUT2D eigenvalue weighted by Gasteiger charge is -2.12. The molecular weight excluding hydrogens is 254 g/mol. The van der Waals surface area contributed by atoms with Gasteiger partial charge >= 0.3 is 0 Å². The van der Waals surface area contributed by atoms with Gasteiger partial charge in [0.15, 0.2) is 0 Å². The zero-order valence-electron chi connectivity index (χ0n) is 12.5. The highest BCUT2D eigenvalue weighted by Gasteiger charge is 2.14. The van der Waals surface area contributed by atoms with Crippen LogP contribution in [-0.4, -0.2) is 33.5 Å². The molecule has 1 atom stereocenters. The van der Waals surface area contributed by atoms with E-state index < -0.39 is 0 Å². The summed E-state index contributed by atoms with van der Waals surface area (Å²) in [5.74, 6) is 1.69. The van der Waals surface area contributed by atoms with Gasteiger partial charge in [-0.25, -0.2) is 0 Å². The van der Waals surface area contributed by atoms with Gasteiger partial charge in [0, 0.05) is 24.8 Å². The lowest BCUT2D eigenvalue weighted by molar-refractivity contribution is 0.102. The molecule has 0 aromatic heterocycles. The van der Waals surface area contributed by atoms with Crippen LogP contribution in [0.5, 0.6) is 11.5 Å². The molecule has 0 radical (unpaired) electrons. The summed E-state index contributed by atoms with van der Waals surface area (Å²) in [6.07, 6.45) is 5.26. The average molecular weight is 279 g/mol. The molecule has 2 rings (SSSR count). The molecular formula is C16H25NO3. The molecule has 1 saturated heterocycles. The maximum Gasteiger partial charge on any atom is 0.127 e. The van der Waals surface area contributed by atoms with Gasteiger partial charge in [-0.3, -0.25) is 0 Å². The van der Waals surface area contributed by atoms with E-state index >= 15 is 0 Å². The van der Waals surface area contributed by atoms with Crippen LogP contribution in [0.4, 0.5) is 0 Å². The summed E-state index contributed by atoms with van der Waals surface area (Å²) in [5, 5.41) is 3.46. The van der Waals surface area contributed by atoms with Crippen LogP contribution in [-0.2, 0) is 11.3 Å². The fraction of sp³-hybridized carbons (Fsp3) is 0.625. The Morgan fingerprint density at radius 3 is 2.90 bits per heavy atom. The molecule has 0 aliphatic carbocycles. The molecule has 4 heteroatoms. The van der Waals surface area contributed by atoms with E-state index in [1.165, 1.54) is 12.8 Å². The van der Waals surface area contributed by atoms with Crippen LogP contribution in [0.2, 0.25) is 0 Å². The van der Waals surface area contributed by atoms with Gasteiger partial charge < -0.3 is 19.5 Å². The smallest absolute Gasteiger partial charge is 0.127 e. The van der Waals surface area contributed by atoms with E-state index in [9.17, 15) is 0 Å². The minimum absolute atomic E-state index is 0.493. The molecule has 0 spiro atoms. The molecule has 112 valence electrons. The van der Waals surface area contributed by atoms with Gasteiger partial charge in [-0.1, -0.05) is 6.07 Å². The van der Waals surface area contributed by atoms with Crippen molar-refractivity contribution < 1.29 is 14.2 Å². The van der Waals surface area contributed by atoms with Crippen LogP contribution in [0.15, 0.2) is 18.2 Å². The molecule has 1 unspecified atom stereocenters. The lowest BCUT2D eigenvalue weighted by Crippen LogP contribution is -2.17. The molecule has 1 aliphatic heterocycles. The maximum absolute atomic E-state index is 5.62. The third-order valence-electron chi connectivity index (χ3n) is 3.71. The van der Waals surface area contributed by atoms with Crippen molar-refractivity contribution in [1.82, 2.24) is 5.32 Å². The first kappa shape index (κ1) is 15.1. The normalized spacial score (nSPS) is 18.2. The fourth-order valence-corrected chi connectivity index (χ4v) is 2.55. The zero-order valence-corrected chi connectivity index (χ0v) is 12.5. The van der Waals surface area contributed by atoms with Crippen LogP contribution in [0.1, 0.15) is 31.2 Å². The topological polar surface area (TPSA) is 39.7 Å². The number of methoxy groups -OCH3 is 2. The number of hydrogen-bond donors (Lipinski definition) is 1. The van der Waals surface area contributed by atoms with Crippen molar-refractivity contribution in [2.24, 2.45) is 0 Å². The first-order chi connectivity index (χ1) is 9.83. The third kappa shape index (κ3) is 4.39. The van der Waals surface area contributed by atoms with Crippen LogP contribution >= 0.6 is 0 Å². The Morgan fingerprint density at radius 2 is 2.20 bits per heavy atom. The Labute approximate surface area is 121 Å². The van der Waals surface area contributed by atoms with Crippen LogP contribution in [0, 0.1) is 0 Å². The molecule has 4 nitrogen and oxygen atoms in total. The number of nitrogens with one attached hydrogen (secondary N) is 1. The van der Waals surface area contributed by atoms with E-state index in [-0.39, 0.29) is 0 Å². The Kier molecular flexibility index (Phi) is 6.15. The zero-order chi connectivity index (χ0) is 14.2. The SMILES string of the molecule is COc1ccc(CNCCCC2CCCO2)c(OC)c1. The second kappa shape index (κ2) is 8.12. The molecule has 0 saturated carbocycles. The van der Waals surface area contributed by atoms with E-state index in [2.05, 4.69) is 5.32 Å². The van der Waals surface area contributed by atoms with Crippen molar-refractivity contribution in [2.45, 2.75) is 38.3 Å². The monoisotopic (exact) mass is 279 g/mol. The predicted octanol–water partition coefficient (Wildman–Crippen LogP) is 2.75. The molecule has 20 heavy (non-hydrogen) atoms. The van der Waals surface area contributed by atoms with Crippen molar-refractivity contribution in [2.75, 3.05) is 27.4 Å². The fourth-order valence-electron chi connectivity index (χ4n) is 2.55. The molecule has 1 aliphatic rings. The lowest BCUT2D eigenvalue weighted by atomic mass is 10.1. The Bertz CT molecular complexity index is 403. The summed E-state index contributed by atoms with van der Waals surface area (Å²) in [5.41, 5.74) is 1.16. The van der Waals surface area contributed by atoms with Gasteiger partial charge in [0.2, 0.25) is 0 Å². The van der Waals surface area contributed by atoms with Gasteiger partial charge in [0.25, 0.3) is 0 Å². The molecule has 0 amide bonds. The molecule has 1 N–H and O–H groups in total. The van der Waals surface area contributed by atoms with E-state index in [4.69, 9.17) is 14.2 Å². The van der Waals surface area contributed by atoms with Crippen LogP contribution in [0.25, 0.3) is 0 Å². The van der Waals surface area contributed by atoms with Crippen LogP contribution in [0.3, 0.4) is 0 Å². The quantitative estimate of drug-likeness (QED) is 0.743. The van der Waals surface area contributed by atoms with Crippen molar-refractivity contribution in [3.63, 3.8) is 0 Å². The van der Waals surface area contributed by atoms with E-state index in [1.807, 2.05) is 18.2 Å². The van der Waals surface area contributed by atoms with E-state index in [0.717, 1.165) is 49.6 Å². The minimum atomic E-state index is 0.493. The first-order valence-corrected chi connectivity index (χ1v) is 7.36. The summed E-state index contributed by atoms with van der Waals surface area (Å²) >= 11 is 0. The van der Waals surface area contributed by atoms with Gasteiger partial charge in [-0.15, -0.1) is 0 Å². The van der Waals surface area contributed by atoms with Crippen molar-refractivity contribution >= 4 is 0 Å². The minimum Gasteiger partial charge on any atom is -0.497 e. The largest absolute Gasteiger partial charge is 0.497 e.